The summed E-state index contributed by atoms with van der Waals surface area (Å²) in [4.78, 5) is 21.1. The molecule has 0 aromatic carbocycles. The molecule has 0 fully saturated rings. The van der Waals surface area contributed by atoms with Crippen LogP contribution in [0.4, 0.5) is 0 Å². The number of halogens is 1. The van der Waals surface area contributed by atoms with Crippen molar-refractivity contribution < 1.29 is 36.2 Å². The zero-order valence-electron chi connectivity index (χ0n) is 7.89. The average molecular weight is 275 g/mol. The van der Waals surface area contributed by atoms with E-state index in [-0.39, 0.29) is 23.4 Å². The molecule has 0 radical (unpaired) electrons. The Morgan fingerprint density at radius 2 is 2.13 bits per heavy atom. The minimum absolute atomic E-state index is 0. The van der Waals surface area contributed by atoms with E-state index in [4.69, 9.17) is 10.8 Å². The second-order valence-corrected chi connectivity index (χ2v) is 2.84. The molecule has 1 rings (SSSR count). The van der Waals surface area contributed by atoms with Crippen LogP contribution in [0.3, 0.4) is 0 Å². The molecule has 15 heavy (non-hydrogen) atoms. The van der Waals surface area contributed by atoms with Crippen LogP contribution in [0.1, 0.15) is 16.8 Å². The number of pyridine rings is 1. The van der Waals surface area contributed by atoms with Gasteiger partial charge in [-0.1, -0.05) is 0 Å². The summed E-state index contributed by atoms with van der Waals surface area (Å²) < 4.78 is 1.62. The fourth-order valence-electron chi connectivity index (χ4n) is 1.03. The van der Waals surface area contributed by atoms with Gasteiger partial charge in [-0.15, -0.1) is 0 Å². The summed E-state index contributed by atoms with van der Waals surface area (Å²) in [5, 5.41) is 8.45. The Morgan fingerprint density at radius 3 is 2.67 bits per heavy atom. The molecular formula is C9H11BrN2O3. The number of nitrogens with two attached hydrogens (primary N) is 1. The van der Waals surface area contributed by atoms with Gasteiger partial charge in [-0.25, -0.2) is 4.57 Å². The van der Waals surface area contributed by atoms with Gasteiger partial charge in [-0.2, -0.15) is 0 Å². The van der Waals surface area contributed by atoms with Gasteiger partial charge in [0.25, 0.3) is 5.91 Å². The van der Waals surface area contributed by atoms with Crippen molar-refractivity contribution >= 4 is 11.9 Å². The van der Waals surface area contributed by atoms with E-state index in [1.807, 2.05) is 0 Å². The van der Waals surface area contributed by atoms with Gasteiger partial charge in [-0.3, -0.25) is 9.59 Å². The molecule has 1 heterocycles. The molecule has 82 valence electrons. The van der Waals surface area contributed by atoms with E-state index in [0.29, 0.717) is 12.1 Å². The van der Waals surface area contributed by atoms with Crippen LogP contribution < -0.4 is 27.3 Å². The Morgan fingerprint density at radius 1 is 1.47 bits per heavy atom. The fourth-order valence-corrected chi connectivity index (χ4v) is 1.03. The third kappa shape index (κ3) is 4.55. The van der Waals surface area contributed by atoms with Crippen molar-refractivity contribution in [3.05, 3.63) is 30.1 Å². The number of aliphatic carboxylic acids is 1. The van der Waals surface area contributed by atoms with Crippen molar-refractivity contribution in [2.24, 2.45) is 5.73 Å². The summed E-state index contributed by atoms with van der Waals surface area (Å²) >= 11 is 0. The van der Waals surface area contributed by atoms with Crippen LogP contribution in [0.25, 0.3) is 0 Å². The van der Waals surface area contributed by atoms with E-state index in [2.05, 4.69) is 0 Å². The minimum Gasteiger partial charge on any atom is -1.00 e. The van der Waals surface area contributed by atoms with E-state index < -0.39 is 11.9 Å². The van der Waals surface area contributed by atoms with Crippen molar-refractivity contribution in [3.63, 3.8) is 0 Å². The first-order chi connectivity index (χ1) is 6.59. The van der Waals surface area contributed by atoms with E-state index in [9.17, 15) is 9.59 Å². The lowest BCUT2D eigenvalue weighted by molar-refractivity contribution is -0.696. The Balaban J connectivity index is 0.00000196. The highest BCUT2D eigenvalue weighted by molar-refractivity contribution is 5.92. The van der Waals surface area contributed by atoms with Gasteiger partial charge in [0.1, 0.15) is 12.0 Å². The van der Waals surface area contributed by atoms with Crippen LogP contribution in [0.5, 0.6) is 0 Å². The van der Waals surface area contributed by atoms with Gasteiger partial charge in [0.15, 0.2) is 18.9 Å². The molecule has 0 aliphatic carbocycles. The number of aromatic nitrogens is 1. The predicted molar refractivity (Wildman–Crippen MR) is 47.4 cm³/mol. The summed E-state index contributed by atoms with van der Waals surface area (Å²) in [6, 6.07) is 3.24. The number of hydrogen-bond acceptors (Lipinski definition) is 2. The molecule has 1 aromatic rings. The number of primary amides is 1. The first-order valence-electron chi connectivity index (χ1n) is 4.10. The smallest absolute Gasteiger partial charge is 0.309 e. The molecule has 1 aromatic heterocycles. The number of carbonyl (C=O) groups excluding carboxylic acids is 1. The van der Waals surface area contributed by atoms with Crippen molar-refractivity contribution in [3.8, 4) is 0 Å². The molecular weight excluding hydrogens is 264 g/mol. The molecule has 5 nitrogen and oxygen atoms in total. The average Bonchev–Trinajstić information content (AvgIpc) is 2.15. The number of aryl methyl sites for hydroxylation is 1. The van der Waals surface area contributed by atoms with E-state index >= 15 is 0 Å². The summed E-state index contributed by atoms with van der Waals surface area (Å²) in [6.45, 7) is 0.330. The van der Waals surface area contributed by atoms with Crippen molar-refractivity contribution in [1.29, 1.82) is 0 Å². The molecule has 0 aliphatic heterocycles. The Labute approximate surface area is 97.3 Å². The topological polar surface area (TPSA) is 84.3 Å². The highest BCUT2D eigenvalue weighted by Crippen LogP contribution is 1.92. The third-order valence-electron chi connectivity index (χ3n) is 1.73. The zero-order chi connectivity index (χ0) is 10.6. The van der Waals surface area contributed by atoms with E-state index in [1.54, 1.807) is 22.9 Å². The van der Waals surface area contributed by atoms with Crippen molar-refractivity contribution in [2.75, 3.05) is 0 Å². The van der Waals surface area contributed by atoms with Crippen LogP contribution in [-0.2, 0) is 11.3 Å². The summed E-state index contributed by atoms with van der Waals surface area (Å²) in [5.74, 6) is -1.39. The molecule has 0 bridgehead atoms. The lowest BCUT2D eigenvalue weighted by Gasteiger charge is -1.95. The van der Waals surface area contributed by atoms with Gasteiger partial charge >= 0.3 is 5.97 Å². The monoisotopic (exact) mass is 274 g/mol. The Kier molecular flexibility index (Phi) is 5.54. The largest absolute Gasteiger partial charge is 1.00 e. The predicted octanol–water partition coefficient (Wildman–Crippen LogP) is -3.45. The molecule has 3 N–H and O–H groups in total. The number of nitrogens with zero attached hydrogens (tertiary/aromatic N) is 1. The van der Waals surface area contributed by atoms with Gasteiger partial charge in [0, 0.05) is 6.07 Å². The highest BCUT2D eigenvalue weighted by atomic mass is 79.9. The number of hydrogen-bond donors (Lipinski definition) is 2. The minimum atomic E-state index is -0.873. The molecule has 0 saturated carbocycles. The lowest BCUT2D eigenvalue weighted by Crippen LogP contribution is -3.00. The number of rotatable bonds is 4. The lowest BCUT2D eigenvalue weighted by atomic mass is 10.2. The Bertz CT molecular complexity index is 368. The maximum Gasteiger partial charge on any atom is 0.309 e. The zero-order valence-corrected chi connectivity index (χ0v) is 9.48. The summed E-state index contributed by atoms with van der Waals surface area (Å²) in [5.41, 5.74) is 5.44. The van der Waals surface area contributed by atoms with Gasteiger partial charge in [0.2, 0.25) is 0 Å². The maximum atomic E-state index is 10.8. The van der Waals surface area contributed by atoms with Crippen LogP contribution in [0.15, 0.2) is 24.5 Å². The first kappa shape index (κ1) is 13.6. The third-order valence-corrected chi connectivity index (χ3v) is 1.73. The van der Waals surface area contributed by atoms with Gasteiger partial charge in [-0.05, 0) is 6.07 Å². The fraction of sp³-hybridized carbons (Fsp3) is 0.222. The van der Waals surface area contributed by atoms with E-state index in [0.717, 1.165) is 0 Å². The molecule has 0 unspecified atom stereocenters. The summed E-state index contributed by atoms with van der Waals surface area (Å²) in [6.07, 6.45) is 3.24. The second kappa shape index (κ2) is 6.13. The van der Waals surface area contributed by atoms with Crippen LogP contribution in [0, 0.1) is 0 Å². The Hall–Kier alpha value is -1.43. The molecule has 1 amide bonds. The number of carboxylic acid groups (broad SMARTS) is 1. The number of carboxylic acids is 1. The highest BCUT2D eigenvalue weighted by Gasteiger charge is 2.08. The van der Waals surface area contributed by atoms with Crippen LogP contribution >= 0.6 is 0 Å². The SMILES string of the molecule is NC(=O)c1ccc[n+](CCC(=O)O)c1.[Br-]. The second-order valence-electron chi connectivity index (χ2n) is 2.84. The molecule has 0 saturated heterocycles. The van der Waals surface area contributed by atoms with E-state index in [1.165, 1.54) is 6.20 Å². The number of carbonyl (C=O) groups is 2. The van der Waals surface area contributed by atoms with Crippen molar-refractivity contribution in [2.45, 2.75) is 13.0 Å². The van der Waals surface area contributed by atoms with Gasteiger partial charge < -0.3 is 27.8 Å². The van der Waals surface area contributed by atoms with Crippen LogP contribution in [-0.4, -0.2) is 17.0 Å². The summed E-state index contributed by atoms with van der Waals surface area (Å²) in [7, 11) is 0. The molecule has 0 spiro atoms. The standard InChI is InChI=1S/C9H10N2O3.BrH/c10-9(14)7-2-1-4-11(6-7)5-3-8(12)13;/h1-2,4,6H,3,5H2,(H2-,10,12,13,14);1H. The van der Waals surface area contributed by atoms with Gasteiger partial charge in [0.05, 0.1) is 0 Å². The normalized spacial score (nSPS) is 9.07. The first-order valence-corrected chi connectivity index (χ1v) is 4.10. The molecule has 0 aliphatic rings. The quantitative estimate of drug-likeness (QED) is 0.560. The maximum absolute atomic E-state index is 10.8. The molecule has 0 atom stereocenters. The number of amides is 1. The van der Waals surface area contributed by atoms with Crippen molar-refractivity contribution in [1.82, 2.24) is 0 Å². The van der Waals surface area contributed by atoms with Crippen LogP contribution in [0.2, 0.25) is 0 Å². The molecule has 6 heteroatoms.